The largest absolute Gasteiger partial charge is 0.472 e. The van der Waals surface area contributed by atoms with E-state index >= 15 is 0 Å². The van der Waals surface area contributed by atoms with E-state index < -0.39 is 32.4 Å². The van der Waals surface area contributed by atoms with E-state index in [1.807, 2.05) is 31.2 Å². The van der Waals surface area contributed by atoms with Gasteiger partial charge in [-0.1, -0.05) is 30.0 Å². The van der Waals surface area contributed by atoms with Crippen LogP contribution in [-0.2, 0) is 18.3 Å². The Morgan fingerprint density at radius 3 is 2.93 bits per heavy atom. The normalized spacial score (nSPS) is 31.2. The molecule has 2 aliphatic rings. The highest BCUT2D eigenvalue weighted by molar-refractivity contribution is 7.99. The first-order valence-corrected chi connectivity index (χ1v) is 11.4. The van der Waals surface area contributed by atoms with Gasteiger partial charge in [0, 0.05) is 4.90 Å². The van der Waals surface area contributed by atoms with E-state index in [1.54, 1.807) is 4.57 Å². The first kappa shape index (κ1) is 19.9. The number of imidazole rings is 1. The highest BCUT2D eigenvalue weighted by Crippen LogP contribution is 2.53. The van der Waals surface area contributed by atoms with E-state index in [0.717, 1.165) is 10.5 Å². The topological polar surface area (TPSA) is 155 Å². The molecule has 5 rings (SSSR count). The van der Waals surface area contributed by atoms with Crippen LogP contribution < -0.4 is 5.73 Å². The summed E-state index contributed by atoms with van der Waals surface area (Å²) in [6.07, 6.45) is -2.70. The third-order valence-electron chi connectivity index (χ3n) is 4.99. The molecule has 1 aromatic carbocycles. The average molecular weight is 451 g/mol. The van der Waals surface area contributed by atoms with Crippen LogP contribution in [0.1, 0.15) is 11.8 Å². The Morgan fingerprint density at radius 2 is 2.13 bits per heavy atom. The molecule has 4 heterocycles. The molecule has 3 aromatic rings. The van der Waals surface area contributed by atoms with Gasteiger partial charge in [0.1, 0.15) is 24.6 Å². The molecule has 0 amide bonds. The zero-order valence-electron chi connectivity index (χ0n) is 15.7. The van der Waals surface area contributed by atoms with Crippen molar-refractivity contribution in [3.8, 4) is 0 Å². The number of phosphoric acid groups is 1. The molecule has 0 radical (unpaired) electrons. The van der Waals surface area contributed by atoms with E-state index in [4.69, 9.17) is 19.5 Å². The lowest BCUT2D eigenvalue weighted by Crippen LogP contribution is -2.39. The third kappa shape index (κ3) is 3.30. The van der Waals surface area contributed by atoms with Crippen molar-refractivity contribution in [1.29, 1.82) is 0 Å². The van der Waals surface area contributed by atoms with Crippen molar-refractivity contribution in [1.82, 2.24) is 19.5 Å². The van der Waals surface area contributed by atoms with Crippen LogP contribution in [0.4, 0.5) is 5.82 Å². The van der Waals surface area contributed by atoms with Crippen LogP contribution in [0.25, 0.3) is 11.2 Å². The van der Waals surface area contributed by atoms with E-state index in [9.17, 15) is 14.6 Å². The van der Waals surface area contributed by atoms with Gasteiger partial charge < -0.3 is 20.5 Å². The molecule has 4 N–H and O–H groups in total. The van der Waals surface area contributed by atoms with Crippen LogP contribution in [-0.4, -0.2) is 54.4 Å². The van der Waals surface area contributed by atoms with E-state index in [2.05, 4.69) is 15.0 Å². The van der Waals surface area contributed by atoms with Crippen LogP contribution in [0.5, 0.6) is 0 Å². The Morgan fingerprint density at radius 1 is 1.33 bits per heavy atom. The number of rotatable bonds is 3. The monoisotopic (exact) mass is 451 g/mol. The lowest BCUT2D eigenvalue weighted by atomic mass is 10.1. The minimum absolute atomic E-state index is 0.184. The summed E-state index contributed by atoms with van der Waals surface area (Å²) in [6, 6.07) is 7.77. The lowest BCUT2D eigenvalue weighted by Gasteiger charge is -2.27. The number of nitrogen functional groups attached to an aromatic ring is 1. The quantitative estimate of drug-likeness (QED) is 0.498. The van der Waals surface area contributed by atoms with E-state index in [1.165, 1.54) is 18.1 Å². The van der Waals surface area contributed by atoms with Crippen LogP contribution >= 0.6 is 19.6 Å². The third-order valence-corrected chi connectivity index (χ3v) is 7.12. The van der Waals surface area contributed by atoms with Gasteiger partial charge in [0.05, 0.1) is 6.61 Å². The fraction of sp³-hybridized carbons (Fsp3) is 0.353. The summed E-state index contributed by atoms with van der Waals surface area (Å²) in [5.74, 6) is 0.190. The number of aromatic nitrogens is 4. The molecule has 2 aliphatic heterocycles. The Hall–Kier alpha value is -2.05. The summed E-state index contributed by atoms with van der Waals surface area (Å²) < 4.78 is 29.2. The number of aliphatic hydroxyl groups excluding tert-OH is 1. The van der Waals surface area contributed by atoms with Gasteiger partial charge in [-0.2, -0.15) is 0 Å². The molecule has 2 aromatic heterocycles. The van der Waals surface area contributed by atoms with Crippen molar-refractivity contribution in [3.63, 3.8) is 0 Å². The van der Waals surface area contributed by atoms with Crippen LogP contribution in [0.2, 0.25) is 0 Å². The van der Waals surface area contributed by atoms with Crippen molar-refractivity contribution in [2.24, 2.45) is 0 Å². The van der Waals surface area contributed by atoms with Gasteiger partial charge in [-0.05, 0) is 18.6 Å². The fourth-order valence-corrected chi connectivity index (χ4v) is 5.49. The average Bonchev–Trinajstić information content (AvgIpc) is 3.21. The molecule has 5 unspecified atom stereocenters. The lowest BCUT2D eigenvalue weighted by molar-refractivity contribution is -0.0684. The molecule has 0 bridgehead atoms. The maximum atomic E-state index is 11.8. The van der Waals surface area contributed by atoms with Gasteiger partial charge in [0.2, 0.25) is 0 Å². The minimum Gasteiger partial charge on any atom is -0.386 e. The second-order valence-corrected chi connectivity index (χ2v) is 9.37. The Labute approximate surface area is 174 Å². The summed E-state index contributed by atoms with van der Waals surface area (Å²) in [5.41, 5.74) is 7.77. The number of nitrogens with zero attached hydrogens (tertiary/aromatic N) is 4. The van der Waals surface area contributed by atoms with Gasteiger partial charge >= 0.3 is 7.82 Å². The molecule has 158 valence electrons. The second-order valence-electron chi connectivity index (χ2n) is 6.95. The van der Waals surface area contributed by atoms with Crippen molar-refractivity contribution in [3.05, 3.63) is 36.2 Å². The maximum absolute atomic E-state index is 11.8. The van der Waals surface area contributed by atoms with E-state index in [0.29, 0.717) is 16.3 Å². The summed E-state index contributed by atoms with van der Waals surface area (Å²) in [7, 11) is -4.24. The molecule has 2 fully saturated rings. The van der Waals surface area contributed by atoms with Crippen LogP contribution in [0.15, 0.2) is 40.6 Å². The van der Waals surface area contributed by atoms with Crippen molar-refractivity contribution in [2.75, 3.05) is 12.3 Å². The molecule has 0 saturated carbocycles. The Balaban J connectivity index is 1.60. The number of nitrogens with two attached hydrogens (primary N) is 1. The van der Waals surface area contributed by atoms with Crippen molar-refractivity contribution >= 4 is 36.6 Å². The highest BCUT2D eigenvalue weighted by Gasteiger charge is 2.53. The van der Waals surface area contributed by atoms with E-state index in [-0.39, 0.29) is 12.4 Å². The predicted octanol–water partition coefficient (Wildman–Crippen LogP) is 1.64. The standard InChI is InChI=1S/C17H18N5O6PS/c1-8-4-2-3-5-10(8)30-17-21-11-14(18)19-7-20-15(11)22(17)16-12(23)13-9(27-16)6-26-29(24,25)28-13/h2-5,7,9,12-13,16,23H,6H2,1H3,(H,24,25)(H2,18,19,20). The highest BCUT2D eigenvalue weighted by atomic mass is 32.2. The number of benzene rings is 1. The summed E-state index contributed by atoms with van der Waals surface area (Å²) in [4.78, 5) is 23.4. The summed E-state index contributed by atoms with van der Waals surface area (Å²) in [6.45, 7) is 1.79. The van der Waals surface area contributed by atoms with Gasteiger partial charge in [-0.15, -0.1) is 0 Å². The summed E-state index contributed by atoms with van der Waals surface area (Å²) >= 11 is 1.36. The van der Waals surface area contributed by atoms with Crippen LogP contribution in [0.3, 0.4) is 0 Å². The van der Waals surface area contributed by atoms with Crippen molar-refractivity contribution in [2.45, 2.75) is 41.5 Å². The number of phosphoric ester groups is 1. The number of aliphatic hydroxyl groups is 1. The minimum atomic E-state index is -4.24. The number of fused-ring (bicyclic) bond motifs is 2. The van der Waals surface area contributed by atoms with Crippen molar-refractivity contribution < 1.29 is 28.3 Å². The number of ether oxygens (including phenoxy) is 1. The zero-order chi connectivity index (χ0) is 21.0. The number of hydrogen-bond donors (Lipinski definition) is 3. The molecular formula is C17H18N5O6PS. The SMILES string of the molecule is Cc1ccccc1Sc1nc2c(N)ncnc2n1C1OC2COP(=O)(O)OC2C1O. The first-order valence-electron chi connectivity index (χ1n) is 9.05. The summed E-state index contributed by atoms with van der Waals surface area (Å²) in [5, 5.41) is 11.4. The zero-order valence-corrected chi connectivity index (χ0v) is 17.4. The molecule has 2 saturated heterocycles. The Kier molecular flexibility index (Phi) is 4.82. The second kappa shape index (κ2) is 7.27. The molecule has 11 nitrogen and oxygen atoms in total. The predicted molar refractivity (Wildman–Crippen MR) is 106 cm³/mol. The molecule has 30 heavy (non-hydrogen) atoms. The maximum Gasteiger partial charge on any atom is 0.472 e. The molecule has 0 spiro atoms. The van der Waals surface area contributed by atoms with Gasteiger partial charge in [0.15, 0.2) is 28.4 Å². The number of anilines is 1. The van der Waals surface area contributed by atoms with Gasteiger partial charge in [0.25, 0.3) is 0 Å². The molecular weight excluding hydrogens is 433 g/mol. The molecule has 5 atom stereocenters. The first-order chi connectivity index (χ1) is 14.3. The molecule has 0 aliphatic carbocycles. The smallest absolute Gasteiger partial charge is 0.386 e. The van der Waals surface area contributed by atoms with Crippen LogP contribution in [0, 0.1) is 6.92 Å². The molecule has 13 heteroatoms. The fourth-order valence-electron chi connectivity index (χ4n) is 3.53. The van der Waals surface area contributed by atoms with Gasteiger partial charge in [-0.3, -0.25) is 13.6 Å². The number of hydrogen-bond acceptors (Lipinski definition) is 10. The van der Waals surface area contributed by atoms with Gasteiger partial charge in [-0.25, -0.2) is 19.5 Å². The number of aryl methyl sites for hydroxylation is 1. The Bertz CT molecular complexity index is 1170.